The molecule has 2 aromatic heterocycles. The van der Waals surface area contributed by atoms with Crippen LogP contribution in [0, 0.1) is 0 Å². The molecular formula is C16H21ClN4. The van der Waals surface area contributed by atoms with Crippen LogP contribution in [-0.4, -0.2) is 23.1 Å². The maximum absolute atomic E-state index is 4.74. The zero-order chi connectivity index (χ0) is 13.6. The van der Waals surface area contributed by atoms with Crippen LogP contribution in [-0.2, 0) is 6.54 Å². The molecule has 2 N–H and O–H groups in total. The Morgan fingerprint density at radius 2 is 2.05 bits per heavy atom. The Balaban J connectivity index is 0.00000161. The van der Waals surface area contributed by atoms with Crippen molar-refractivity contribution in [3.05, 3.63) is 54.0 Å². The summed E-state index contributed by atoms with van der Waals surface area (Å²) in [6, 6.07) is 10.3. The summed E-state index contributed by atoms with van der Waals surface area (Å²) in [5.74, 6) is 1.50. The van der Waals surface area contributed by atoms with Crippen LogP contribution >= 0.6 is 12.4 Å². The van der Waals surface area contributed by atoms with Crippen molar-refractivity contribution >= 4 is 18.2 Å². The van der Waals surface area contributed by atoms with Crippen LogP contribution in [0.2, 0.25) is 0 Å². The molecule has 1 aliphatic rings. The van der Waals surface area contributed by atoms with Crippen LogP contribution in [0.15, 0.2) is 42.7 Å². The first kappa shape index (κ1) is 15.7. The molecule has 0 aliphatic carbocycles. The Labute approximate surface area is 131 Å². The monoisotopic (exact) mass is 304 g/mol. The van der Waals surface area contributed by atoms with Crippen LogP contribution < -0.4 is 10.6 Å². The maximum Gasteiger partial charge on any atom is 0.126 e. The quantitative estimate of drug-likeness (QED) is 0.912. The van der Waals surface area contributed by atoms with E-state index in [9.17, 15) is 0 Å². The highest BCUT2D eigenvalue weighted by molar-refractivity contribution is 5.85. The standard InChI is InChI=1S/C16H20N4.ClH/c1-4-15(14-3-2-8-18-12-14)20-16(5-1)19-11-13-6-9-17-10-7-13;/h1,4-7,9-10,14,18H,2-3,8,11-12H2,(H,19,20);1H. The predicted octanol–water partition coefficient (Wildman–Crippen LogP) is 2.98. The molecule has 5 heteroatoms. The summed E-state index contributed by atoms with van der Waals surface area (Å²) in [4.78, 5) is 8.77. The molecule has 1 atom stereocenters. The van der Waals surface area contributed by atoms with Crippen molar-refractivity contribution in [2.45, 2.75) is 25.3 Å². The van der Waals surface area contributed by atoms with Gasteiger partial charge in [-0.1, -0.05) is 6.07 Å². The van der Waals surface area contributed by atoms with Crippen LogP contribution in [0.5, 0.6) is 0 Å². The molecule has 1 aliphatic heterocycles. The number of nitrogens with one attached hydrogen (secondary N) is 2. The third kappa shape index (κ3) is 4.41. The molecule has 1 saturated heterocycles. The van der Waals surface area contributed by atoms with Crippen molar-refractivity contribution in [2.75, 3.05) is 18.4 Å². The van der Waals surface area contributed by atoms with Crippen molar-refractivity contribution in [2.24, 2.45) is 0 Å². The van der Waals surface area contributed by atoms with Crippen LogP contribution in [0.25, 0.3) is 0 Å². The summed E-state index contributed by atoms with van der Waals surface area (Å²) >= 11 is 0. The minimum Gasteiger partial charge on any atom is -0.366 e. The van der Waals surface area contributed by atoms with Gasteiger partial charge in [-0.3, -0.25) is 4.98 Å². The summed E-state index contributed by atoms with van der Waals surface area (Å²) in [7, 11) is 0. The zero-order valence-electron chi connectivity index (χ0n) is 12.0. The molecule has 0 saturated carbocycles. The molecule has 0 bridgehead atoms. The normalized spacial score (nSPS) is 17.8. The Morgan fingerprint density at radius 1 is 1.19 bits per heavy atom. The van der Waals surface area contributed by atoms with Gasteiger partial charge in [-0.05, 0) is 49.2 Å². The van der Waals surface area contributed by atoms with Crippen molar-refractivity contribution in [3.8, 4) is 0 Å². The Morgan fingerprint density at radius 3 is 2.81 bits per heavy atom. The molecule has 0 spiro atoms. The second-order valence-electron chi connectivity index (χ2n) is 5.20. The lowest BCUT2D eigenvalue weighted by molar-refractivity contribution is 0.455. The Bertz CT molecular complexity index is 541. The number of halogens is 1. The van der Waals surface area contributed by atoms with Gasteiger partial charge >= 0.3 is 0 Å². The van der Waals surface area contributed by atoms with Gasteiger partial charge in [0, 0.05) is 37.1 Å². The predicted molar refractivity (Wildman–Crippen MR) is 87.9 cm³/mol. The van der Waals surface area contributed by atoms with Crippen molar-refractivity contribution in [3.63, 3.8) is 0 Å². The third-order valence-corrected chi connectivity index (χ3v) is 3.71. The lowest BCUT2D eigenvalue weighted by Gasteiger charge is -2.22. The first-order valence-electron chi connectivity index (χ1n) is 7.22. The summed E-state index contributed by atoms with van der Waals surface area (Å²) < 4.78 is 0. The largest absolute Gasteiger partial charge is 0.366 e. The summed E-state index contributed by atoms with van der Waals surface area (Å²) in [5, 5.41) is 6.82. The highest BCUT2D eigenvalue weighted by atomic mass is 35.5. The number of piperidine rings is 1. The summed E-state index contributed by atoms with van der Waals surface area (Å²) in [5.41, 5.74) is 2.41. The van der Waals surface area contributed by atoms with Gasteiger partial charge in [0.05, 0.1) is 0 Å². The van der Waals surface area contributed by atoms with Gasteiger partial charge in [0.2, 0.25) is 0 Å². The lowest BCUT2D eigenvalue weighted by atomic mass is 9.96. The second kappa shape index (κ2) is 7.96. The van der Waals surface area contributed by atoms with Crippen molar-refractivity contribution in [1.82, 2.24) is 15.3 Å². The fraction of sp³-hybridized carbons (Fsp3) is 0.375. The fourth-order valence-corrected chi connectivity index (χ4v) is 2.57. The average Bonchev–Trinajstić information content (AvgIpc) is 2.55. The van der Waals surface area contributed by atoms with E-state index < -0.39 is 0 Å². The number of nitrogens with zero attached hydrogens (tertiary/aromatic N) is 2. The third-order valence-electron chi connectivity index (χ3n) is 3.71. The smallest absolute Gasteiger partial charge is 0.126 e. The van der Waals surface area contributed by atoms with E-state index in [2.05, 4.69) is 27.8 Å². The second-order valence-corrected chi connectivity index (χ2v) is 5.20. The number of hydrogen-bond donors (Lipinski definition) is 2. The molecule has 112 valence electrons. The Hall–Kier alpha value is -1.65. The molecular weight excluding hydrogens is 284 g/mol. The molecule has 0 amide bonds. The maximum atomic E-state index is 4.74. The van der Waals surface area contributed by atoms with Crippen LogP contribution in [0.4, 0.5) is 5.82 Å². The molecule has 2 aromatic rings. The van der Waals surface area contributed by atoms with Gasteiger partial charge in [0.25, 0.3) is 0 Å². The number of rotatable bonds is 4. The van der Waals surface area contributed by atoms with Crippen molar-refractivity contribution < 1.29 is 0 Å². The lowest BCUT2D eigenvalue weighted by Crippen LogP contribution is -2.28. The van der Waals surface area contributed by atoms with Crippen LogP contribution in [0.1, 0.15) is 30.0 Å². The van der Waals surface area contributed by atoms with Gasteiger partial charge in [0.15, 0.2) is 0 Å². The molecule has 0 aromatic carbocycles. The molecule has 1 fully saturated rings. The van der Waals surface area contributed by atoms with E-state index in [-0.39, 0.29) is 12.4 Å². The van der Waals surface area contributed by atoms with E-state index >= 15 is 0 Å². The van der Waals surface area contributed by atoms with Gasteiger partial charge in [0.1, 0.15) is 5.82 Å². The summed E-state index contributed by atoms with van der Waals surface area (Å²) in [6.45, 7) is 2.96. The molecule has 3 heterocycles. The van der Waals surface area contributed by atoms with Gasteiger partial charge in [-0.25, -0.2) is 4.98 Å². The molecule has 0 radical (unpaired) electrons. The zero-order valence-corrected chi connectivity index (χ0v) is 12.8. The number of aromatic nitrogens is 2. The minimum absolute atomic E-state index is 0. The number of hydrogen-bond acceptors (Lipinski definition) is 4. The molecule has 1 unspecified atom stereocenters. The highest BCUT2D eigenvalue weighted by Gasteiger charge is 2.16. The number of pyridine rings is 2. The molecule has 4 nitrogen and oxygen atoms in total. The van der Waals surface area contributed by atoms with E-state index in [0.717, 1.165) is 25.5 Å². The first-order valence-corrected chi connectivity index (χ1v) is 7.22. The van der Waals surface area contributed by atoms with Crippen LogP contribution in [0.3, 0.4) is 0 Å². The van der Waals surface area contributed by atoms with Gasteiger partial charge in [-0.2, -0.15) is 0 Å². The molecule has 3 rings (SSSR count). The van der Waals surface area contributed by atoms with E-state index in [0.29, 0.717) is 5.92 Å². The van der Waals surface area contributed by atoms with E-state index in [1.54, 1.807) is 0 Å². The van der Waals surface area contributed by atoms with E-state index in [1.807, 2.05) is 30.6 Å². The van der Waals surface area contributed by atoms with Crippen molar-refractivity contribution in [1.29, 1.82) is 0 Å². The highest BCUT2D eigenvalue weighted by Crippen LogP contribution is 2.22. The van der Waals surface area contributed by atoms with Gasteiger partial charge in [-0.15, -0.1) is 12.4 Å². The van der Waals surface area contributed by atoms with Gasteiger partial charge < -0.3 is 10.6 Å². The van der Waals surface area contributed by atoms with E-state index in [4.69, 9.17) is 4.98 Å². The molecule has 21 heavy (non-hydrogen) atoms. The minimum atomic E-state index is 0. The fourth-order valence-electron chi connectivity index (χ4n) is 2.57. The summed E-state index contributed by atoms with van der Waals surface area (Å²) in [6.07, 6.45) is 6.10. The topological polar surface area (TPSA) is 49.8 Å². The Kier molecular flexibility index (Phi) is 5.96. The number of anilines is 1. The van der Waals surface area contributed by atoms with E-state index in [1.165, 1.54) is 24.1 Å². The SMILES string of the molecule is Cl.c1cc(NCc2ccncc2)nc(C2CCCNC2)c1. The average molecular weight is 305 g/mol. The first-order chi connectivity index (χ1) is 9.92.